The van der Waals surface area contributed by atoms with Crippen LogP contribution in [0.15, 0.2) is 28.7 Å². The van der Waals surface area contributed by atoms with E-state index in [4.69, 9.17) is 11.2 Å². The molecule has 2 nitrogen and oxygen atoms in total. The minimum absolute atomic E-state index is 0.631. The van der Waals surface area contributed by atoms with E-state index in [0.717, 1.165) is 11.0 Å². The smallest absolute Gasteiger partial charge is 0.168 e. The predicted octanol–water partition coefficient (Wildman–Crippen LogP) is 4.20. The van der Waals surface area contributed by atoms with E-state index in [9.17, 15) is 0 Å². The van der Waals surface area contributed by atoms with Gasteiger partial charge in [0.15, 0.2) is 7.58 Å². The van der Waals surface area contributed by atoms with Gasteiger partial charge in [0.2, 0.25) is 0 Å². The van der Waals surface area contributed by atoms with Crippen LogP contribution in [-0.4, -0.2) is 23.8 Å². The van der Waals surface area contributed by atoms with Crippen LogP contribution < -0.4 is 4.67 Å². The standard InChI is InChI=1S/C11H13BrClN2P/c12-9-3-5-10(6-4-9)15-8-11-2-1-7-14(11)16(15)13/h3-6,11H,1-2,7-8H2/t11-,16?/m0/s1. The SMILES string of the molecule is ClP1N(c2ccc(Br)cc2)C[C@@H]2CCCN21. The van der Waals surface area contributed by atoms with Gasteiger partial charge < -0.3 is 4.67 Å². The lowest BCUT2D eigenvalue weighted by Gasteiger charge is -2.24. The summed E-state index contributed by atoms with van der Waals surface area (Å²) in [6.45, 7) is 2.27. The number of nitrogens with zero attached hydrogens (tertiary/aromatic N) is 2. The highest BCUT2D eigenvalue weighted by atomic mass is 79.9. The van der Waals surface area contributed by atoms with Gasteiger partial charge in [0, 0.05) is 29.3 Å². The maximum atomic E-state index is 6.56. The molecule has 2 fully saturated rings. The second kappa shape index (κ2) is 4.45. The highest BCUT2D eigenvalue weighted by molar-refractivity contribution is 9.10. The number of fused-ring (bicyclic) bond motifs is 1. The van der Waals surface area contributed by atoms with Crippen molar-refractivity contribution in [2.45, 2.75) is 18.9 Å². The fourth-order valence-corrected chi connectivity index (χ4v) is 5.44. The largest absolute Gasteiger partial charge is 0.324 e. The molecular weight excluding hydrogens is 306 g/mol. The van der Waals surface area contributed by atoms with E-state index in [0.29, 0.717) is 6.04 Å². The predicted molar refractivity (Wildman–Crippen MR) is 74.0 cm³/mol. The molecule has 86 valence electrons. The molecule has 2 saturated heterocycles. The highest BCUT2D eigenvalue weighted by Gasteiger charge is 2.41. The molecule has 0 spiro atoms. The molecule has 5 heteroatoms. The first-order chi connectivity index (χ1) is 7.75. The van der Waals surface area contributed by atoms with Crippen molar-refractivity contribution in [1.82, 2.24) is 4.67 Å². The molecule has 2 heterocycles. The van der Waals surface area contributed by atoms with Crippen LogP contribution in [0, 0.1) is 0 Å². The molecule has 3 rings (SSSR count). The highest BCUT2D eigenvalue weighted by Crippen LogP contribution is 2.59. The molecule has 0 aromatic heterocycles. The fourth-order valence-electron chi connectivity index (χ4n) is 2.44. The summed E-state index contributed by atoms with van der Waals surface area (Å²) in [6, 6.07) is 9.14. The second-order valence-electron chi connectivity index (χ2n) is 4.26. The van der Waals surface area contributed by atoms with Crippen LogP contribution in [-0.2, 0) is 0 Å². The molecular formula is C11H13BrClN2P. The first kappa shape index (κ1) is 11.3. The minimum Gasteiger partial charge on any atom is -0.324 e. The van der Waals surface area contributed by atoms with Crippen LogP contribution in [0.3, 0.4) is 0 Å². The lowest BCUT2D eigenvalue weighted by molar-refractivity contribution is 0.469. The van der Waals surface area contributed by atoms with Gasteiger partial charge >= 0.3 is 0 Å². The normalized spacial score (nSPS) is 29.8. The summed E-state index contributed by atoms with van der Waals surface area (Å²) in [4.78, 5) is 0. The van der Waals surface area contributed by atoms with Gasteiger partial charge in [0.25, 0.3) is 0 Å². The zero-order valence-electron chi connectivity index (χ0n) is 8.81. The molecule has 16 heavy (non-hydrogen) atoms. The average Bonchev–Trinajstić information content (AvgIpc) is 2.84. The molecule has 1 unspecified atom stereocenters. The van der Waals surface area contributed by atoms with E-state index in [1.54, 1.807) is 0 Å². The van der Waals surface area contributed by atoms with Gasteiger partial charge in [0.05, 0.1) is 0 Å². The Morgan fingerprint density at radius 1 is 1.31 bits per heavy atom. The lowest BCUT2D eigenvalue weighted by atomic mass is 10.2. The average molecular weight is 320 g/mol. The molecule has 2 aliphatic heterocycles. The summed E-state index contributed by atoms with van der Waals surface area (Å²) in [5, 5.41) is 0. The van der Waals surface area contributed by atoms with Crippen molar-refractivity contribution >= 4 is 40.4 Å². The van der Waals surface area contributed by atoms with Crippen molar-refractivity contribution in [2.24, 2.45) is 0 Å². The molecule has 0 N–H and O–H groups in total. The Hall–Kier alpha value is 0.180. The van der Waals surface area contributed by atoms with Crippen LogP contribution in [0.5, 0.6) is 0 Å². The topological polar surface area (TPSA) is 6.48 Å². The van der Waals surface area contributed by atoms with E-state index in [2.05, 4.69) is 49.5 Å². The van der Waals surface area contributed by atoms with Crippen molar-refractivity contribution in [2.75, 3.05) is 17.8 Å². The second-order valence-corrected chi connectivity index (χ2v) is 7.56. The first-order valence-electron chi connectivity index (χ1n) is 5.51. The monoisotopic (exact) mass is 318 g/mol. The Labute approximate surface area is 110 Å². The molecule has 0 amide bonds. The van der Waals surface area contributed by atoms with E-state index >= 15 is 0 Å². The van der Waals surface area contributed by atoms with Crippen molar-refractivity contribution < 1.29 is 0 Å². The van der Waals surface area contributed by atoms with E-state index < -0.39 is 7.58 Å². The Bertz CT molecular complexity index is 386. The number of halogens is 2. The van der Waals surface area contributed by atoms with Crippen LogP contribution in [0.25, 0.3) is 0 Å². The first-order valence-corrected chi connectivity index (χ1v) is 8.46. The molecule has 2 aliphatic rings. The summed E-state index contributed by atoms with van der Waals surface area (Å²) >= 11 is 10.0. The van der Waals surface area contributed by atoms with Crippen molar-refractivity contribution in [1.29, 1.82) is 0 Å². The summed E-state index contributed by atoms with van der Waals surface area (Å²) in [6.07, 6.45) is 2.61. The van der Waals surface area contributed by atoms with Gasteiger partial charge in [-0.1, -0.05) is 27.2 Å². The van der Waals surface area contributed by atoms with Gasteiger partial charge in [-0.3, -0.25) is 0 Å². The third kappa shape index (κ3) is 1.88. The Balaban J connectivity index is 1.83. The zero-order chi connectivity index (χ0) is 11.1. The van der Waals surface area contributed by atoms with E-state index in [1.807, 2.05) is 0 Å². The van der Waals surface area contributed by atoms with Crippen LogP contribution >= 0.6 is 34.7 Å². The molecule has 1 aromatic rings. The molecule has 1 aromatic carbocycles. The van der Waals surface area contributed by atoms with Gasteiger partial charge in [-0.15, -0.1) is 0 Å². The van der Waals surface area contributed by atoms with E-state index in [1.165, 1.54) is 25.1 Å². The van der Waals surface area contributed by atoms with Crippen molar-refractivity contribution in [3.8, 4) is 0 Å². The number of hydrogen-bond donors (Lipinski definition) is 0. The molecule has 0 bridgehead atoms. The van der Waals surface area contributed by atoms with Crippen LogP contribution in [0.4, 0.5) is 5.69 Å². The van der Waals surface area contributed by atoms with Crippen molar-refractivity contribution in [3.05, 3.63) is 28.7 Å². The molecule has 0 radical (unpaired) electrons. The van der Waals surface area contributed by atoms with Gasteiger partial charge in [-0.25, -0.2) is 4.67 Å². The quantitative estimate of drug-likeness (QED) is 0.716. The van der Waals surface area contributed by atoms with Gasteiger partial charge in [0.1, 0.15) is 0 Å². The minimum atomic E-state index is -0.631. The summed E-state index contributed by atoms with van der Waals surface area (Å²) in [5.41, 5.74) is 1.25. The molecule has 0 aliphatic carbocycles. The lowest BCUT2D eigenvalue weighted by Crippen LogP contribution is -2.20. The number of anilines is 1. The third-order valence-electron chi connectivity index (χ3n) is 3.27. The summed E-state index contributed by atoms with van der Waals surface area (Å²) in [7, 11) is -0.631. The van der Waals surface area contributed by atoms with E-state index in [-0.39, 0.29) is 0 Å². The molecule has 2 atom stereocenters. The van der Waals surface area contributed by atoms with Crippen molar-refractivity contribution in [3.63, 3.8) is 0 Å². The maximum absolute atomic E-state index is 6.56. The zero-order valence-corrected chi connectivity index (χ0v) is 12.0. The number of rotatable bonds is 1. The fraction of sp³-hybridized carbons (Fsp3) is 0.455. The summed E-state index contributed by atoms with van der Waals surface area (Å²) < 4.78 is 5.95. The number of hydrogen-bond acceptors (Lipinski definition) is 2. The Kier molecular flexibility index (Phi) is 3.14. The summed E-state index contributed by atoms with van der Waals surface area (Å²) in [5.74, 6) is 0. The Morgan fingerprint density at radius 2 is 2.06 bits per heavy atom. The van der Waals surface area contributed by atoms with Crippen LogP contribution in [0.2, 0.25) is 0 Å². The van der Waals surface area contributed by atoms with Gasteiger partial charge in [-0.05, 0) is 37.1 Å². The Morgan fingerprint density at radius 3 is 2.75 bits per heavy atom. The number of benzene rings is 1. The van der Waals surface area contributed by atoms with Crippen LogP contribution in [0.1, 0.15) is 12.8 Å². The van der Waals surface area contributed by atoms with Gasteiger partial charge in [-0.2, -0.15) is 0 Å². The maximum Gasteiger partial charge on any atom is 0.168 e. The third-order valence-corrected chi connectivity index (χ3v) is 6.67. The molecule has 0 saturated carbocycles.